The smallest absolute Gasteiger partial charge is 0.261 e. The Hall–Kier alpha value is -3.69. The predicted molar refractivity (Wildman–Crippen MR) is 148 cm³/mol. The molecule has 2 aromatic carbocycles. The lowest BCUT2D eigenvalue weighted by atomic mass is 9.82. The molecule has 42 heavy (non-hydrogen) atoms. The van der Waals surface area contributed by atoms with Crippen LogP contribution < -0.4 is 10.6 Å². The minimum absolute atomic E-state index is 0.0338. The van der Waals surface area contributed by atoms with Crippen molar-refractivity contribution in [2.45, 2.75) is 56.2 Å². The zero-order valence-electron chi connectivity index (χ0n) is 22.8. The highest BCUT2D eigenvalue weighted by Gasteiger charge is 2.49. The summed E-state index contributed by atoms with van der Waals surface area (Å²) in [6.07, 6.45) is -6.02. The van der Waals surface area contributed by atoms with Gasteiger partial charge >= 0.3 is 0 Å². The lowest BCUT2D eigenvalue weighted by Crippen LogP contribution is -2.60. The first kappa shape index (κ1) is 31.3. The lowest BCUT2D eigenvalue weighted by molar-refractivity contribution is -0.274. The molecule has 2 aromatic rings. The lowest BCUT2D eigenvalue weighted by Gasteiger charge is -2.37. The van der Waals surface area contributed by atoms with Gasteiger partial charge in [0.15, 0.2) is 18.0 Å². The van der Waals surface area contributed by atoms with E-state index >= 15 is 0 Å². The average molecular weight is 586 g/mol. The molecule has 8 N–H and O–H groups in total. The molecule has 13 nitrogen and oxygen atoms in total. The fraction of sp³-hybridized carbons (Fsp3) is 0.414. The van der Waals surface area contributed by atoms with Gasteiger partial charge in [-0.1, -0.05) is 49.4 Å². The van der Waals surface area contributed by atoms with Crippen molar-refractivity contribution in [1.29, 1.82) is 0 Å². The maximum absolute atomic E-state index is 12.9. The number of aliphatic hydroxyl groups is 6. The van der Waals surface area contributed by atoms with Crippen LogP contribution in [0, 0.1) is 5.92 Å². The Kier molecular flexibility index (Phi) is 9.74. The normalized spacial score (nSPS) is 27.8. The first-order valence-corrected chi connectivity index (χ1v) is 13.4. The molecule has 2 aliphatic heterocycles. The SMILES string of the molecule is C[C@H](/C=C/CC(=O)N(CCO)Cc1ccccc1)[C@@]1(O)C(=O)Nc2ccc(NC(=O)[C@H]3O[C@@H](O)[C@H](O)[C@@H](O)[C@@H]3O)cc21. The summed E-state index contributed by atoms with van der Waals surface area (Å²) in [4.78, 5) is 40.0. The number of nitrogens with zero attached hydrogens (tertiary/aromatic N) is 1. The van der Waals surface area contributed by atoms with E-state index < -0.39 is 54.0 Å². The van der Waals surface area contributed by atoms with E-state index in [0.29, 0.717) is 12.2 Å². The number of hydrogen-bond donors (Lipinski definition) is 8. The summed E-state index contributed by atoms with van der Waals surface area (Å²) in [6.45, 7) is 1.85. The summed E-state index contributed by atoms with van der Waals surface area (Å²) in [5.74, 6) is -2.71. The number of aliphatic hydroxyl groups excluding tert-OH is 5. The molecule has 0 spiro atoms. The highest BCUT2D eigenvalue weighted by molar-refractivity contribution is 6.06. The number of fused-ring (bicyclic) bond motifs is 1. The fourth-order valence-electron chi connectivity index (χ4n) is 4.99. The van der Waals surface area contributed by atoms with E-state index in [-0.39, 0.29) is 36.7 Å². The fourth-order valence-corrected chi connectivity index (χ4v) is 4.99. The second-order valence-corrected chi connectivity index (χ2v) is 10.3. The van der Waals surface area contributed by atoms with Gasteiger partial charge in [0.1, 0.15) is 18.3 Å². The number of amides is 3. The van der Waals surface area contributed by atoms with Crippen molar-refractivity contribution < 1.29 is 49.8 Å². The molecule has 2 heterocycles. The van der Waals surface area contributed by atoms with Gasteiger partial charge in [0.25, 0.3) is 11.8 Å². The quantitative estimate of drug-likeness (QED) is 0.162. The van der Waals surface area contributed by atoms with Crippen molar-refractivity contribution in [3.63, 3.8) is 0 Å². The monoisotopic (exact) mass is 585 g/mol. The summed E-state index contributed by atoms with van der Waals surface area (Å²) in [7, 11) is 0. The molecular formula is C29H35N3O10. The average Bonchev–Trinajstić information content (AvgIpc) is 3.23. The molecule has 1 saturated heterocycles. The van der Waals surface area contributed by atoms with E-state index in [1.54, 1.807) is 13.0 Å². The van der Waals surface area contributed by atoms with E-state index in [2.05, 4.69) is 10.6 Å². The number of benzene rings is 2. The molecule has 2 aliphatic rings. The van der Waals surface area contributed by atoms with Gasteiger partial charge in [-0.2, -0.15) is 0 Å². The van der Waals surface area contributed by atoms with Crippen molar-refractivity contribution >= 4 is 29.1 Å². The number of carbonyl (C=O) groups is 3. The van der Waals surface area contributed by atoms with Crippen molar-refractivity contribution in [3.05, 3.63) is 71.8 Å². The summed E-state index contributed by atoms with van der Waals surface area (Å²) in [5.41, 5.74) is -0.576. The van der Waals surface area contributed by atoms with Crippen LogP contribution in [0.4, 0.5) is 11.4 Å². The maximum atomic E-state index is 12.9. The Morgan fingerprint density at radius 1 is 1.10 bits per heavy atom. The van der Waals surface area contributed by atoms with Crippen LogP contribution in [0.5, 0.6) is 0 Å². The molecule has 13 heteroatoms. The number of rotatable bonds is 10. The first-order valence-electron chi connectivity index (χ1n) is 13.4. The number of anilines is 2. The Morgan fingerprint density at radius 2 is 1.81 bits per heavy atom. The third-order valence-electron chi connectivity index (χ3n) is 7.45. The van der Waals surface area contributed by atoms with Crippen molar-refractivity contribution in [2.75, 3.05) is 23.8 Å². The second kappa shape index (κ2) is 13.1. The molecule has 4 rings (SSSR count). The zero-order chi connectivity index (χ0) is 30.6. The van der Waals surface area contributed by atoms with Gasteiger partial charge in [-0.3, -0.25) is 14.4 Å². The van der Waals surface area contributed by atoms with E-state index in [9.17, 15) is 45.0 Å². The summed E-state index contributed by atoms with van der Waals surface area (Å²) in [5, 5.41) is 65.3. The molecule has 0 bridgehead atoms. The number of ether oxygens (including phenoxy) is 1. The molecule has 0 unspecified atom stereocenters. The van der Waals surface area contributed by atoms with Crippen LogP contribution in [0.15, 0.2) is 60.7 Å². The van der Waals surface area contributed by atoms with Crippen LogP contribution in [0.3, 0.4) is 0 Å². The summed E-state index contributed by atoms with van der Waals surface area (Å²) in [6, 6.07) is 13.6. The number of hydrogen-bond acceptors (Lipinski definition) is 10. The highest BCUT2D eigenvalue weighted by Crippen LogP contribution is 2.43. The van der Waals surface area contributed by atoms with Crippen molar-refractivity contribution in [1.82, 2.24) is 4.90 Å². The molecule has 0 saturated carbocycles. The topological polar surface area (TPSA) is 209 Å². The standard InChI is InChI=1S/C29H35N3O10/c1-16(6-5-9-21(34)32(12-13-33)15-17-7-3-2-4-8-17)29(41)19-14-18(10-11-20(19)31-28(29)40)30-26(38)25-23(36)22(35)24(37)27(39)42-25/h2-8,10-11,14,16,22-25,27,33,35-37,39,41H,9,12-13,15H2,1H3,(H,30,38)(H,31,40)/b6-5+/t16-,22+,23+,24-,25+,27-,29+/m1/s1. The number of carbonyl (C=O) groups excluding carboxylic acids is 3. The Bertz CT molecular complexity index is 1320. The van der Waals surface area contributed by atoms with E-state index in [4.69, 9.17) is 4.74 Å². The maximum Gasteiger partial charge on any atom is 0.261 e. The molecule has 226 valence electrons. The summed E-state index contributed by atoms with van der Waals surface area (Å²) < 4.78 is 4.95. The van der Waals surface area contributed by atoms with Crippen LogP contribution in [0.2, 0.25) is 0 Å². The third-order valence-corrected chi connectivity index (χ3v) is 7.45. The van der Waals surface area contributed by atoms with Crippen LogP contribution in [-0.2, 0) is 31.3 Å². The minimum Gasteiger partial charge on any atom is -0.395 e. The van der Waals surface area contributed by atoms with Gasteiger partial charge in [0.05, 0.1) is 6.61 Å². The predicted octanol–water partition coefficient (Wildman–Crippen LogP) is -0.832. The van der Waals surface area contributed by atoms with Gasteiger partial charge in [-0.25, -0.2) is 0 Å². The van der Waals surface area contributed by atoms with E-state index in [1.807, 2.05) is 30.3 Å². The Morgan fingerprint density at radius 3 is 2.50 bits per heavy atom. The van der Waals surface area contributed by atoms with Crippen LogP contribution in [0.1, 0.15) is 24.5 Å². The minimum atomic E-state index is -2.05. The third kappa shape index (κ3) is 6.37. The largest absolute Gasteiger partial charge is 0.395 e. The van der Waals surface area contributed by atoms with Gasteiger partial charge in [0.2, 0.25) is 5.91 Å². The van der Waals surface area contributed by atoms with Crippen LogP contribution >= 0.6 is 0 Å². The Balaban J connectivity index is 1.45. The second-order valence-electron chi connectivity index (χ2n) is 10.3. The summed E-state index contributed by atoms with van der Waals surface area (Å²) >= 11 is 0. The van der Waals surface area contributed by atoms with Gasteiger partial charge in [-0.05, 0) is 23.8 Å². The molecule has 0 aliphatic carbocycles. The van der Waals surface area contributed by atoms with Crippen molar-refractivity contribution in [3.8, 4) is 0 Å². The van der Waals surface area contributed by atoms with Gasteiger partial charge in [0, 0.05) is 42.4 Å². The van der Waals surface area contributed by atoms with Gasteiger partial charge < -0.3 is 50.9 Å². The van der Waals surface area contributed by atoms with Gasteiger partial charge in [-0.15, -0.1) is 0 Å². The first-order chi connectivity index (χ1) is 20.0. The molecule has 3 amide bonds. The molecule has 1 fully saturated rings. The molecule has 0 aromatic heterocycles. The molecule has 7 atom stereocenters. The van der Waals surface area contributed by atoms with E-state index in [1.165, 1.54) is 29.2 Å². The Labute approximate surface area is 241 Å². The molecular weight excluding hydrogens is 550 g/mol. The molecule has 0 radical (unpaired) electrons. The number of nitrogens with one attached hydrogen (secondary N) is 2. The highest BCUT2D eigenvalue weighted by atomic mass is 16.6. The van der Waals surface area contributed by atoms with E-state index in [0.717, 1.165) is 5.56 Å². The van der Waals surface area contributed by atoms with Crippen molar-refractivity contribution in [2.24, 2.45) is 5.92 Å². The zero-order valence-corrected chi connectivity index (χ0v) is 22.8. The van der Waals surface area contributed by atoms with Crippen LogP contribution in [0.25, 0.3) is 0 Å². The van der Waals surface area contributed by atoms with Crippen LogP contribution in [-0.4, -0.2) is 97.1 Å².